The summed E-state index contributed by atoms with van der Waals surface area (Å²) >= 11 is 0. The molecule has 0 saturated heterocycles. The van der Waals surface area contributed by atoms with Crippen LogP contribution in [0.2, 0.25) is 0 Å². The van der Waals surface area contributed by atoms with Crippen LogP contribution in [0.25, 0.3) is 11.3 Å². The van der Waals surface area contributed by atoms with Crippen molar-refractivity contribution in [3.63, 3.8) is 0 Å². The molecule has 0 aliphatic rings. The Labute approximate surface area is 142 Å². The van der Waals surface area contributed by atoms with Crippen LogP contribution >= 0.6 is 0 Å². The summed E-state index contributed by atoms with van der Waals surface area (Å²) in [5.41, 5.74) is 2.22. The molecule has 0 saturated carbocycles. The maximum Gasteiger partial charge on any atom is 2.00 e. The molecule has 0 unspecified atom stereocenters. The molecule has 22 heavy (non-hydrogen) atoms. The summed E-state index contributed by atoms with van der Waals surface area (Å²) in [5.74, 6) is -0.935. The van der Waals surface area contributed by atoms with E-state index in [1.54, 1.807) is 24.4 Å². The molecule has 0 fully saturated rings. The van der Waals surface area contributed by atoms with E-state index in [1.165, 1.54) is 6.07 Å². The molecule has 1 N–H and O–H groups in total. The fraction of sp³-hybridized carbons (Fsp3) is 0. The van der Waals surface area contributed by atoms with Gasteiger partial charge in [-0.1, -0.05) is 17.7 Å². The molecule has 1 radical (unpaired) electrons. The number of hydrogen-bond donors (Lipinski definition) is 1. The van der Waals surface area contributed by atoms with Gasteiger partial charge in [0.1, 0.15) is 0 Å². The second-order valence-electron chi connectivity index (χ2n) is 4.07. The number of aromatic carboxylic acids is 1. The first-order valence-electron chi connectivity index (χ1n) is 6.35. The Hall–Kier alpha value is -2.32. The average molecular weight is 378 g/mol. The number of carbonyl (C=O) groups is 1. The maximum absolute atomic E-state index is 10.2. The van der Waals surface area contributed by atoms with E-state index >= 15 is 0 Å². The number of hydrogen-bond acceptors (Lipinski definition) is 2. The number of nitrogens with zero attached hydrogens (tertiary/aromatic N) is 1. The largest absolute Gasteiger partial charge is 2.00 e. The van der Waals surface area contributed by atoms with Crippen molar-refractivity contribution in [3.05, 3.63) is 90.6 Å². The van der Waals surface area contributed by atoms with Crippen molar-refractivity contribution >= 4 is 5.97 Å². The van der Waals surface area contributed by atoms with E-state index < -0.39 is 5.97 Å². The zero-order valence-electron chi connectivity index (χ0n) is 11.6. The summed E-state index contributed by atoms with van der Waals surface area (Å²) < 4.78 is 0. The first-order valence-corrected chi connectivity index (χ1v) is 6.35. The third-order valence-corrected chi connectivity index (χ3v) is 2.59. The predicted molar refractivity (Wildman–Crippen MR) is 80.7 cm³/mol. The molecule has 4 heteroatoms. The van der Waals surface area contributed by atoms with E-state index in [0.29, 0.717) is 0 Å². The van der Waals surface area contributed by atoms with Gasteiger partial charge in [0.25, 0.3) is 0 Å². The third-order valence-electron chi connectivity index (χ3n) is 2.59. The SMILES string of the molecule is O=C(O)c1[c-]cccc1.[Rh+2].[c-]1ccccc1-c1ccccn1. The zero-order chi connectivity index (χ0) is 14.9. The molecule has 0 aliphatic carbocycles. The molecule has 1 aromatic heterocycles. The summed E-state index contributed by atoms with van der Waals surface area (Å²) in [6.45, 7) is 0. The quantitative estimate of drug-likeness (QED) is 0.546. The summed E-state index contributed by atoms with van der Waals surface area (Å²) in [6, 6.07) is 25.9. The minimum absolute atomic E-state index is 0. The number of benzene rings is 2. The Bertz CT molecular complexity index is 636. The molecule has 0 spiro atoms. The van der Waals surface area contributed by atoms with Crippen LogP contribution in [0.3, 0.4) is 0 Å². The van der Waals surface area contributed by atoms with Gasteiger partial charge in [-0.15, -0.1) is 66.2 Å². The fourth-order valence-corrected chi connectivity index (χ4v) is 1.60. The van der Waals surface area contributed by atoms with Crippen molar-refractivity contribution in [1.82, 2.24) is 4.98 Å². The van der Waals surface area contributed by atoms with E-state index in [4.69, 9.17) is 5.11 Å². The molecular weight excluding hydrogens is 365 g/mol. The molecule has 0 aliphatic heterocycles. The van der Waals surface area contributed by atoms with Gasteiger partial charge < -0.3 is 14.9 Å². The summed E-state index contributed by atoms with van der Waals surface area (Å²) in [4.78, 5) is 14.4. The second-order valence-corrected chi connectivity index (χ2v) is 4.07. The Morgan fingerprint density at radius 2 is 1.59 bits per heavy atom. The van der Waals surface area contributed by atoms with Gasteiger partial charge in [-0.3, -0.25) is 0 Å². The van der Waals surface area contributed by atoms with Gasteiger partial charge in [-0.25, -0.2) is 0 Å². The molecule has 3 aromatic rings. The molecule has 3 nitrogen and oxygen atoms in total. The third kappa shape index (κ3) is 5.59. The first-order chi connectivity index (χ1) is 10.3. The number of carboxylic acids is 1. The van der Waals surface area contributed by atoms with Crippen molar-refractivity contribution in [2.75, 3.05) is 0 Å². The van der Waals surface area contributed by atoms with E-state index in [1.807, 2.05) is 42.5 Å². The van der Waals surface area contributed by atoms with Crippen LogP contribution in [0.15, 0.2) is 72.9 Å². The van der Waals surface area contributed by atoms with Crippen LogP contribution < -0.4 is 0 Å². The number of pyridine rings is 1. The molecule has 3 rings (SSSR count). The summed E-state index contributed by atoms with van der Waals surface area (Å²) in [5, 5.41) is 8.35. The number of aromatic nitrogens is 1. The van der Waals surface area contributed by atoms with Gasteiger partial charge in [-0.2, -0.15) is 0 Å². The van der Waals surface area contributed by atoms with Gasteiger partial charge in [0.2, 0.25) is 5.97 Å². The van der Waals surface area contributed by atoms with Gasteiger partial charge in [0.05, 0.1) is 0 Å². The molecular formula is C18H13NO2Rh. The summed E-state index contributed by atoms with van der Waals surface area (Å²) in [7, 11) is 0. The van der Waals surface area contributed by atoms with Crippen molar-refractivity contribution in [2.24, 2.45) is 0 Å². The van der Waals surface area contributed by atoms with Crippen LogP contribution in [0, 0.1) is 12.1 Å². The Morgan fingerprint density at radius 3 is 2.05 bits per heavy atom. The maximum atomic E-state index is 10.2. The number of rotatable bonds is 2. The molecule has 111 valence electrons. The molecule has 0 atom stereocenters. The topological polar surface area (TPSA) is 50.2 Å². The van der Waals surface area contributed by atoms with Crippen LogP contribution in [-0.2, 0) is 19.5 Å². The molecule has 0 amide bonds. The summed E-state index contributed by atoms with van der Waals surface area (Å²) in [6.07, 6.45) is 1.79. The first kappa shape index (κ1) is 17.7. The minimum Gasteiger partial charge on any atom is -0.521 e. The monoisotopic (exact) mass is 378 g/mol. The Balaban J connectivity index is 0.000000219. The Kier molecular flexibility index (Phi) is 7.73. The average Bonchev–Trinajstić information content (AvgIpc) is 2.58. The molecule has 0 bridgehead atoms. The van der Waals surface area contributed by atoms with Crippen molar-refractivity contribution in [1.29, 1.82) is 0 Å². The van der Waals surface area contributed by atoms with Crippen LogP contribution in [0.1, 0.15) is 10.4 Å². The molecule has 2 aromatic carbocycles. The van der Waals surface area contributed by atoms with Crippen LogP contribution in [0.4, 0.5) is 0 Å². The van der Waals surface area contributed by atoms with Gasteiger partial charge in [0, 0.05) is 6.20 Å². The smallest absolute Gasteiger partial charge is 0.521 e. The van der Waals surface area contributed by atoms with Gasteiger partial charge >= 0.3 is 19.5 Å². The second kappa shape index (κ2) is 9.59. The van der Waals surface area contributed by atoms with Crippen molar-refractivity contribution in [3.8, 4) is 11.3 Å². The standard InChI is InChI=1S/C11H8N.C7H5O2.Rh/c1-2-6-10(7-3-1)11-8-4-5-9-12-11;8-7(9)6-4-2-1-3-5-6;/h1-6,8-9H;1-4H,(H,8,9);/q2*-1;+2. The van der Waals surface area contributed by atoms with Gasteiger partial charge in [-0.05, 0) is 11.8 Å². The minimum atomic E-state index is -0.935. The van der Waals surface area contributed by atoms with E-state index in [0.717, 1.165) is 11.3 Å². The predicted octanol–water partition coefficient (Wildman–Crippen LogP) is 3.73. The van der Waals surface area contributed by atoms with Crippen LogP contribution in [0.5, 0.6) is 0 Å². The Morgan fingerprint density at radius 1 is 0.909 bits per heavy atom. The van der Waals surface area contributed by atoms with E-state index in [2.05, 4.69) is 17.1 Å². The van der Waals surface area contributed by atoms with E-state index in [-0.39, 0.29) is 25.0 Å². The normalized spacial score (nSPS) is 8.91. The van der Waals surface area contributed by atoms with E-state index in [9.17, 15) is 4.79 Å². The number of carboxylic acid groups (broad SMARTS) is 1. The van der Waals surface area contributed by atoms with Crippen molar-refractivity contribution in [2.45, 2.75) is 0 Å². The molecule has 1 heterocycles. The zero-order valence-corrected chi connectivity index (χ0v) is 13.2. The fourth-order valence-electron chi connectivity index (χ4n) is 1.60. The van der Waals surface area contributed by atoms with Gasteiger partial charge in [0.15, 0.2) is 0 Å². The van der Waals surface area contributed by atoms with Crippen LogP contribution in [-0.4, -0.2) is 16.1 Å². The van der Waals surface area contributed by atoms with Crippen molar-refractivity contribution < 1.29 is 29.4 Å².